The fraction of sp³-hybridized carbons (Fsp3) is 0.455. The van der Waals surface area contributed by atoms with E-state index in [2.05, 4.69) is 4.98 Å². The van der Waals surface area contributed by atoms with Crippen LogP contribution in [-0.4, -0.2) is 29.7 Å². The summed E-state index contributed by atoms with van der Waals surface area (Å²) in [5, 5.41) is 8.74. The van der Waals surface area contributed by atoms with E-state index < -0.39 is 23.6 Å². The molecule has 0 saturated carbocycles. The van der Waals surface area contributed by atoms with Gasteiger partial charge in [0.05, 0.1) is 11.5 Å². The summed E-state index contributed by atoms with van der Waals surface area (Å²) in [6.07, 6.45) is -3.27. The molecule has 0 bridgehead atoms. The van der Waals surface area contributed by atoms with Crippen molar-refractivity contribution in [3.8, 4) is 0 Å². The number of hydrogen-bond acceptors (Lipinski definition) is 3. The molecule has 0 amide bonds. The Balaban J connectivity index is 2.99. The van der Waals surface area contributed by atoms with Gasteiger partial charge in [-0.1, -0.05) is 6.92 Å². The molecule has 0 aliphatic rings. The lowest BCUT2D eigenvalue weighted by Crippen LogP contribution is -2.30. The molecule has 0 aromatic carbocycles. The van der Waals surface area contributed by atoms with E-state index in [1.54, 1.807) is 0 Å². The average Bonchev–Trinajstić information content (AvgIpc) is 2.27. The highest BCUT2D eigenvalue weighted by molar-refractivity contribution is 5.70. The fourth-order valence-electron chi connectivity index (χ4n) is 1.50. The number of rotatable bonds is 4. The van der Waals surface area contributed by atoms with E-state index in [0.29, 0.717) is 0 Å². The van der Waals surface area contributed by atoms with Crippen molar-refractivity contribution < 1.29 is 23.1 Å². The molecule has 1 atom stereocenters. The first-order valence-electron chi connectivity index (χ1n) is 5.19. The van der Waals surface area contributed by atoms with Crippen LogP contribution in [0.4, 0.5) is 19.0 Å². The van der Waals surface area contributed by atoms with E-state index in [4.69, 9.17) is 5.11 Å². The SMILES string of the molecule is CC(CN(C)c1ncccc1C(F)(F)F)C(=O)O. The molecule has 0 saturated heterocycles. The number of hydrogen-bond donors (Lipinski definition) is 1. The molecule has 1 heterocycles. The summed E-state index contributed by atoms with van der Waals surface area (Å²) in [5.41, 5.74) is -0.870. The number of aromatic nitrogens is 1. The van der Waals surface area contributed by atoms with Gasteiger partial charge >= 0.3 is 12.1 Å². The third kappa shape index (κ3) is 3.35. The zero-order valence-corrected chi connectivity index (χ0v) is 9.90. The summed E-state index contributed by atoms with van der Waals surface area (Å²) in [6, 6.07) is 2.12. The number of anilines is 1. The van der Waals surface area contributed by atoms with Crippen LogP contribution in [0.25, 0.3) is 0 Å². The van der Waals surface area contributed by atoms with E-state index in [1.807, 2.05) is 0 Å². The van der Waals surface area contributed by atoms with Gasteiger partial charge in [-0.15, -0.1) is 0 Å². The standard InChI is InChI=1S/C11H13F3N2O2/c1-7(10(17)18)6-16(2)9-8(11(12,13)14)4-3-5-15-9/h3-5,7H,6H2,1-2H3,(H,17,18). The van der Waals surface area contributed by atoms with E-state index in [1.165, 1.54) is 31.1 Å². The number of pyridine rings is 1. The van der Waals surface area contributed by atoms with Crippen molar-refractivity contribution in [1.82, 2.24) is 4.98 Å². The van der Waals surface area contributed by atoms with Crippen molar-refractivity contribution in [3.05, 3.63) is 23.9 Å². The van der Waals surface area contributed by atoms with E-state index in [-0.39, 0.29) is 12.4 Å². The molecular weight excluding hydrogens is 249 g/mol. The van der Waals surface area contributed by atoms with Crippen LogP contribution >= 0.6 is 0 Å². The lowest BCUT2D eigenvalue weighted by molar-refractivity contribution is -0.140. The maximum atomic E-state index is 12.7. The van der Waals surface area contributed by atoms with Gasteiger partial charge in [0.1, 0.15) is 5.82 Å². The average molecular weight is 262 g/mol. The molecule has 7 heteroatoms. The topological polar surface area (TPSA) is 53.4 Å². The Hall–Kier alpha value is -1.79. The second-order valence-electron chi connectivity index (χ2n) is 3.99. The number of alkyl halides is 3. The van der Waals surface area contributed by atoms with Gasteiger partial charge in [0.25, 0.3) is 0 Å². The quantitative estimate of drug-likeness (QED) is 0.904. The van der Waals surface area contributed by atoms with Crippen LogP contribution < -0.4 is 4.90 Å². The zero-order valence-electron chi connectivity index (χ0n) is 9.90. The maximum Gasteiger partial charge on any atom is 0.419 e. The van der Waals surface area contributed by atoms with Crippen molar-refractivity contribution in [2.75, 3.05) is 18.5 Å². The smallest absolute Gasteiger partial charge is 0.419 e. The molecule has 1 N–H and O–H groups in total. The summed E-state index contributed by atoms with van der Waals surface area (Å²) in [6.45, 7) is 1.38. The van der Waals surface area contributed by atoms with Gasteiger partial charge in [-0.25, -0.2) is 4.98 Å². The van der Waals surface area contributed by atoms with Gasteiger partial charge in [0.15, 0.2) is 0 Å². The summed E-state index contributed by atoms with van der Waals surface area (Å²) < 4.78 is 38.2. The van der Waals surface area contributed by atoms with Gasteiger partial charge < -0.3 is 10.0 Å². The molecule has 0 aliphatic carbocycles. The molecule has 0 aliphatic heterocycles. The van der Waals surface area contributed by atoms with Crippen molar-refractivity contribution in [2.45, 2.75) is 13.1 Å². The Morgan fingerprint density at radius 1 is 1.56 bits per heavy atom. The van der Waals surface area contributed by atoms with Crippen LogP contribution in [0.5, 0.6) is 0 Å². The molecule has 100 valence electrons. The van der Waals surface area contributed by atoms with Crippen molar-refractivity contribution in [3.63, 3.8) is 0 Å². The lowest BCUT2D eigenvalue weighted by Gasteiger charge is -2.23. The number of nitrogens with zero attached hydrogens (tertiary/aromatic N) is 2. The van der Waals surface area contributed by atoms with Gasteiger partial charge in [0, 0.05) is 19.8 Å². The minimum atomic E-state index is -4.51. The third-order valence-corrected chi connectivity index (χ3v) is 2.42. The minimum Gasteiger partial charge on any atom is -0.481 e. The summed E-state index contributed by atoms with van der Waals surface area (Å²) in [5.74, 6) is -2.11. The lowest BCUT2D eigenvalue weighted by atomic mass is 10.1. The Morgan fingerprint density at radius 2 is 2.17 bits per heavy atom. The summed E-state index contributed by atoms with van der Waals surface area (Å²) in [4.78, 5) is 15.5. The predicted octanol–water partition coefficient (Wildman–Crippen LogP) is 2.26. The van der Waals surface area contributed by atoms with Crippen LogP contribution in [0.15, 0.2) is 18.3 Å². The van der Waals surface area contributed by atoms with Crippen LogP contribution in [0.2, 0.25) is 0 Å². The van der Waals surface area contributed by atoms with E-state index in [0.717, 1.165) is 6.07 Å². The van der Waals surface area contributed by atoms with Crippen LogP contribution in [0.3, 0.4) is 0 Å². The second kappa shape index (κ2) is 5.24. The highest BCUT2D eigenvalue weighted by Crippen LogP contribution is 2.34. The first-order valence-corrected chi connectivity index (χ1v) is 5.19. The molecule has 1 rings (SSSR count). The van der Waals surface area contributed by atoms with Gasteiger partial charge in [0.2, 0.25) is 0 Å². The number of carbonyl (C=O) groups is 1. The van der Waals surface area contributed by atoms with Crippen LogP contribution in [-0.2, 0) is 11.0 Å². The molecule has 1 aromatic rings. The molecule has 0 fully saturated rings. The minimum absolute atomic E-state index is 0.0462. The number of aliphatic carboxylic acids is 1. The predicted molar refractivity (Wildman–Crippen MR) is 59.3 cm³/mol. The Morgan fingerprint density at radius 3 is 2.67 bits per heavy atom. The van der Waals surface area contributed by atoms with Crippen molar-refractivity contribution >= 4 is 11.8 Å². The Kier molecular flexibility index (Phi) is 4.15. The van der Waals surface area contributed by atoms with Crippen LogP contribution in [0, 0.1) is 5.92 Å². The monoisotopic (exact) mass is 262 g/mol. The molecule has 0 spiro atoms. The van der Waals surface area contributed by atoms with Gasteiger partial charge in [-0.05, 0) is 12.1 Å². The number of carboxylic acid groups (broad SMARTS) is 1. The Bertz CT molecular complexity index is 435. The second-order valence-corrected chi connectivity index (χ2v) is 3.99. The van der Waals surface area contributed by atoms with Crippen molar-refractivity contribution in [2.24, 2.45) is 5.92 Å². The van der Waals surface area contributed by atoms with E-state index in [9.17, 15) is 18.0 Å². The van der Waals surface area contributed by atoms with Crippen molar-refractivity contribution in [1.29, 1.82) is 0 Å². The highest BCUT2D eigenvalue weighted by atomic mass is 19.4. The molecule has 0 radical (unpaired) electrons. The third-order valence-electron chi connectivity index (χ3n) is 2.42. The molecule has 1 aromatic heterocycles. The van der Waals surface area contributed by atoms with Crippen LogP contribution in [0.1, 0.15) is 12.5 Å². The van der Waals surface area contributed by atoms with E-state index >= 15 is 0 Å². The first-order chi connectivity index (χ1) is 8.23. The normalized spacial score (nSPS) is 13.2. The molecule has 18 heavy (non-hydrogen) atoms. The largest absolute Gasteiger partial charge is 0.481 e. The number of carboxylic acids is 1. The zero-order chi connectivity index (χ0) is 13.9. The molecular formula is C11H13F3N2O2. The fourth-order valence-corrected chi connectivity index (χ4v) is 1.50. The first kappa shape index (κ1) is 14.3. The molecule has 1 unspecified atom stereocenters. The maximum absolute atomic E-state index is 12.7. The summed E-state index contributed by atoms with van der Waals surface area (Å²) in [7, 11) is 1.39. The Labute approximate surface area is 102 Å². The summed E-state index contributed by atoms with van der Waals surface area (Å²) >= 11 is 0. The number of halogens is 3. The highest BCUT2D eigenvalue weighted by Gasteiger charge is 2.35. The van der Waals surface area contributed by atoms with Gasteiger partial charge in [-0.3, -0.25) is 4.79 Å². The molecule has 4 nitrogen and oxygen atoms in total. The van der Waals surface area contributed by atoms with Gasteiger partial charge in [-0.2, -0.15) is 13.2 Å².